The third kappa shape index (κ3) is 2.30. The number of hydrogen-bond acceptors (Lipinski definition) is 3. The van der Waals surface area contributed by atoms with Gasteiger partial charge >= 0.3 is 0 Å². The zero-order valence-electron chi connectivity index (χ0n) is 8.60. The molecule has 0 amide bonds. The van der Waals surface area contributed by atoms with Crippen molar-refractivity contribution in [1.82, 2.24) is 0 Å². The van der Waals surface area contributed by atoms with Crippen molar-refractivity contribution in [3.8, 4) is 0 Å². The molecule has 0 aliphatic rings. The second-order valence-corrected chi connectivity index (χ2v) is 4.45. The Hall–Kier alpha value is -1.48. The summed E-state index contributed by atoms with van der Waals surface area (Å²) in [6, 6.07) is 12.3. The SMILES string of the molecule is C[C@H](Nc1ccccc1N)c1cccs1. The van der Waals surface area contributed by atoms with Crippen LogP contribution in [0.25, 0.3) is 0 Å². The van der Waals surface area contributed by atoms with Gasteiger partial charge in [-0.2, -0.15) is 0 Å². The molecule has 78 valence electrons. The quantitative estimate of drug-likeness (QED) is 0.774. The Kier molecular flexibility index (Phi) is 2.92. The van der Waals surface area contributed by atoms with Gasteiger partial charge in [0.1, 0.15) is 0 Å². The highest BCUT2D eigenvalue weighted by molar-refractivity contribution is 7.10. The van der Waals surface area contributed by atoms with E-state index in [1.807, 2.05) is 24.3 Å². The lowest BCUT2D eigenvalue weighted by atomic mass is 10.2. The number of hydrogen-bond donors (Lipinski definition) is 2. The van der Waals surface area contributed by atoms with Crippen molar-refractivity contribution < 1.29 is 0 Å². The highest BCUT2D eigenvalue weighted by atomic mass is 32.1. The van der Waals surface area contributed by atoms with Crippen molar-refractivity contribution in [1.29, 1.82) is 0 Å². The average molecular weight is 218 g/mol. The van der Waals surface area contributed by atoms with Crippen LogP contribution in [-0.2, 0) is 0 Å². The molecule has 1 aromatic carbocycles. The third-order valence-electron chi connectivity index (χ3n) is 2.30. The smallest absolute Gasteiger partial charge is 0.0579 e. The normalized spacial score (nSPS) is 12.3. The van der Waals surface area contributed by atoms with Crippen LogP contribution in [0.4, 0.5) is 11.4 Å². The van der Waals surface area contributed by atoms with Crippen molar-refractivity contribution in [2.75, 3.05) is 11.1 Å². The molecular weight excluding hydrogens is 204 g/mol. The number of nitrogens with one attached hydrogen (secondary N) is 1. The van der Waals surface area contributed by atoms with E-state index >= 15 is 0 Å². The molecule has 0 aliphatic heterocycles. The van der Waals surface area contributed by atoms with Crippen molar-refractivity contribution in [2.45, 2.75) is 13.0 Å². The molecule has 3 N–H and O–H groups in total. The minimum absolute atomic E-state index is 0.301. The van der Waals surface area contributed by atoms with E-state index in [0.717, 1.165) is 11.4 Å². The summed E-state index contributed by atoms with van der Waals surface area (Å²) in [5.74, 6) is 0. The summed E-state index contributed by atoms with van der Waals surface area (Å²) in [7, 11) is 0. The number of anilines is 2. The Labute approximate surface area is 93.7 Å². The largest absolute Gasteiger partial charge is 0.397 e. The topological polar surface area (TPSA) is 38.0 Å². The summed E-state index contributed by atoms with van der Waals surface area (Å²) in [4.78, 5) is 1.32. The van der Waals surface area contributed by atoms with Gasteiger partial charge in [-0.05, 0) is 30.5 Å². The van der Waals surface area contributed by atoms with E-state index in [0.29, 0.717) is 6.04 Å². The Morgan fingerprint density at radius 1 is 1.20 bits per heavy atom. The van der Waals surface area contributed by atoms with E-state index in [9.17, 15) is 0 Å². The third-order valence-corrected chi connectivity index (χ3v) is 3.36. The fraction of sp³-hybridized carbons (Fsp3) is 0.167. The molecular formula is C12H14N2S. The Balaban J connectivity index is 2.13. The highest BCUT2D eigenvalue weighted by Gasteiger charge is 2.06. The van der Waals surface area contributed by atoms with Crippen LogP contribution in [0.15, 0.2) is 41.8 Å². The maximum absolute atomic E-state index is 5.86. The van der Waals surface area contributed by atoms with Crippen LogP contribution >= 0.6 is 11.3 Å². The van der Waals surface area contributed by atoms with Gasteiger partial charge in [-0.25, -0.2) is 0 Å². The van der Waals surface area contributed by atoms with Crippen molar-refractivity contribution in [3.63, 3.8) is 0 Å². The second kappa shape index (κ2) is 4.36. The fourth-order valence-corrected chi connectivity index (χ4v) is 2.20. The molecule has 3 heteroatoms. The number of nitrogens with two attached hydrogens (primary N) is 1. The zero-order chi connectivity index (χ0) is 10.7. The minimum atomic E-state index is 0.301. The van der Waals surface area contributed by atoms with Gasteiger partial charge in [0.2, 0.25) is 0 Å². The predicted octanol–water partition coefficient (Wildman–Crippen LogP) is 3.50. The number of rotatable bonds is 3. The van der Waals surface area contributed by atoms with Crippen LogP contribution in [-0.4, -0.2) is 0 Å². The van der Waals surface area contributed by atoms with Gasteiger partial charge in [0.25, 0.3) is 0 Å². The van der Waals surface area contributed by atoms with Crippen molar-refractivity contribution in [3.05, 3.63) is 46.7 Å². The first-order chi connectivity index (χ1) is 7.27. The maximum atomic E-state index is 5.86. The average Bonchev–Trinajstić information content (AvgIpc) is 2.74. The molecule has 1 atom stereocenters. The molecule has 2 rings (SSSR count). The van der Waals surface area contributed by atoms with Gasteiger partial charge in [-0.3, -0.25) is 0 Å². The molecule has 15 heavy (non-hydrogen) atoms. The zero-order valence-corrected chi connectivity index (χ0v) is 9.42. The number of para-hydroxylation sites is 2. The van der Waals surface area contributed by atoms with Crippen LogP contribution in [0.2, 0.25) is 0 Å². The second-order valence-electron chi connectivity index (χ2n) is 3.47. The van der Waals surface area contributed by atoms with Crippen LogP contribution < -0.4 is 11.1 Å². The van der Waals surface area contributed by atoms with Gasteiger partial charge in [0.05, 0.1) is 17.4 Å². The molecule has 0 unspecified atom stereocenters. The van der Waals surface area contributed by atoms with Gasteiger partial charge in [0.15, 0.2) is 0 Å². The van der Waals surface area contributed by atoms with E-state index < -0.39 is 0 Å². The van der Waals surface area contributed by atoms with Crippen molar-refractivity contribution >= 4 is 22.7 Å². The molecule has 1 heterocycles. The van der Waals surface area contributed by atoms with Crippen molar-refractivity contribution in [2.24, 2.45) is 0 Å². The molecule has 0 saturated heterocycles. The van der Waals surface area contributed by atoms with E-state index in [4.69, 9.17) is 5.73 Å². The first-order valence-electron chi connectivity index (χ1n) is 4.92. The van der Waals surface area contributed by atoms with E-state index in [1.165, 1.54) is 4.88 Å². The van der Waals surface area contributed by atoms with E-state index in [1.54, 1.807) is 11.3 Å². The Morgan fingerprint density at radius 3 is 2.67 bits per heavy atom. The molecule has 0 saturated carbocycles. The van der Waals surface area contributed by atoms with E-state index in [2.05, 4.69) is 29.8 Å². The summed E-state index contributed by atoms with van der Waals surface area (Å²) in [5.41, 5.74) is 7.65. The molecule has 2 aromatic rings. The highest BCUT2D eigenvalue weighted by Crippen LogP contribution is 2.25. The number of benzene rings is 1. The predicted molar refractivity (Wildman–Crippen MR) is 67.2 cm³/mol. The van der Waals surface area contributed by atoms with Crippen LogP contribution in [0.1, 0.15) is 17.8 Å². The molecule has 0 aliphatic carbocycles. The standard InChI is InChI=1S/C12H14N2S/c1-9(12-7-4-8-15-12)14-11-6-3-2-5-10(11)13/h2-9,14H,13H2,1H3/t9-/m0/s1. The Morgan fingerprint density at radius 2 is 2.00 bits per heavy atom. The first kappa shape index (κ1) is 10.1. The molecule has 1 aromatic heterocycles. The summed E-state index contributed by atoms with van der Waals surface area (Å²) in [6.45, 7) is 2.14. The molecule has 0 fully saturated rings. The van der Waals surface area contributed by atoms with Crippen LogP contribution in [0.5, 0.6) is 0 Å². The monoisotopic (exact) mass is 218 g/mol. The maximum Gasteiger partial charge on any atom is 0.0579 e. The Bertz CT molecular complexity index is 423. The lowest BCUT2D eigenvalue weighted by Crippen LogP contribution is -2.06. The van der Waals surface area contributed by atoms with Gasteiger partial charge in [-0.15, -0.1) is 11.3 Å². The van der Waals surface area contributed by atoms with Gasteiger partial charge in [0, 0.05) is 4.88 Å². The molecule has 2 nitrogen and oxygen atoms in total. The van der Waals surface area contributed by atoms with Gasteiger partial charge in [-0.1, -0.05) is 18.2 Å². The molecule has 0 bridgehead atoms. The van der Waals surface area contributed by atoms with E-state index in [-0.39, 0.29) is 0 Å². The van der Waals surface area contributed by atoms with Gasteiger partial charge < -0.3 is 11.1 Å². The lowest BCUT2D eigenvalue weighted by molar-refractivity contribution is 0.909. The molecule has 0 radical (unpaired) electrons. The first-order valence-corrected chi connectivity index (χ1v) is 5.80. The lowest BCUT2D eigenvalue weighted by Gasteiger charge is -2.15. The van der Waals surface area contributed by atoms with Crippen LogP contribution in [0, 0.1) is 0 Å². The fourth-order valence-electron chi connectivity index (χ4n) is 1.47. The molecule has 0 spiro atoms. The summed E-state index contributed by atoms with van der Waals surface area (Å²) >= 11 is 1.75. The number of nitrogen functional groups attached to an aromatic ring is 1. The minimum Gasteiger partial charge on any atom is -0.397 e. The number of thiophene rings is 1. The summed E-state index contributed by atoms with van der Waals surface area (Å²) in [5, 5.41) is 5.48. The van der Waals surface area contributed by atoms with Crippen LogP contribution in [0.3, 0.4) is 0 Å². The summed E-state index contributed by atoms with van der Waals surface area (Å²) < 4.78 is 0. The summed E-state index contributed by atoms with van der Waals surface area (Å²) in [6.07, 6.45) is 0.